The van der Waals surface area contributed by atoms with Crippen molar-refractivity contribution < 1.29 is 19.1 Å². The highest BCUT2D eigenvalue weighted by atomic mass is 35.5. The fourth-order valence-electron chi connectivity index (χ4n) is 2.38. The van der Waals surface area contributed by atoms with Crippen LogP contribution in [0.5, 0.6) is 5.75 Å². The van der Waals surface area contributed by atoms with Crippen LogP contribution in [0.1, 0.15) is 6.42 Å². The first-order valence-corrected chi connectivity index (χ1v) is 8.39. The molecule has 24 heavy (non-hydrogen) atoms. The predicted molar refractivity (Wildman–Crippen MR) is 91.6 cm³/mol. The summed E-state index contributed by atoms with van der Waals surface area (Å²) in [6.45, 7) is 2.35. The lowest BCUT2D eigenvalue weighted by atomic mass is 10.2. The van der Waals surface area contributed by atoms with Crippen molar-refractivity contribution >= 4 is 35.0 Å². The first-order valence-electron chi connectivity index (χ1n) is 7.63. The van der Waals surface area contributed by atoms with Crippen molar-refractivity contribution in [1.29, 1.82) is 0 Å². The molecule has 0 unspecified atom stereocenters. The molecule has 132 valence electrons. The lowest BCUT2D eigenvalue weighted by Gasteiger charge is -2.34. The van der Waals surface area contributed by atoms with Crippen LogP contribution in [0.15, 0.2) is 18.2 Å². The van der Waals surface area contributed by atoms with Crippen LogP contribution in [-0.4, -0.2) is 68.1 Å². The van der Waals surface area contributed by atoms with Crippen molar-refractivity contribution in [2.45, 2.75) is 6.42 Å². The Morgan fingerprint density at radius 2 is 1.71 bits per heavy atom. The summed E-state index contributed by atoms with van der Waals surface area (Å²) in [5.41, 5.74) is 0. The average Bonchev–Trinajstić information content (AvgIpc) is 2.58. The summed E-state index contributed by atoms with van der Waals surface area (Å²) in [6.07, 6.45) is 0.364. The average molecular weight is 375 g/mol. The second-order valence-corrected chi connectivity index (χ2v) is 6.21. The molecule has 0 saturated carbocycles. The second kappa shape index (κ2) is 9.11. The van der Waals surface area contributed by atoms with Crippen molar-refractivity contribution in [3.8, 4) is 5.75 Å². The van der Waals surface area contributed by atoms with Crippen LogP contribution in [0.3, 0.4) is 0 Å². The number of amides is 2. The molecule has 2 amide bonds. The molecule has 1 aliphatic heterocycles. The molecule has 1 aromatic rings. The number of hydrogen-bond acceptors (Lipinski definition) is 4. The van der Waals surface area contributed by atoms with Crippen LogP contribution in [-0.2, 0) is 14.3 Å². The molecule has 1 fully saturated rings. The van der Waals surface area contributed by atoms with Crippen LogP contribution in [0.4, 0.5) is 0 Å². The number of halogens is 2. The van der Waals surface area contributed by atoms with E-state index in [9.17, 15) is 9.59 Å². The first kappa shape index (κ1) is 18.8. The summed E-state index contributed by atoms with van der Waals surface area (Å²) in [5.74, 6) is 0.334. The van der Waals surface area contributed by atoms with Crippen molar-refractivity contribution in [2.75, 3.05) is 46.5 Å². The summed E-state index contributed by atoms with van der Waals surface area (Å²) in [7, 11) is 1.57. The van der Waals surface area contributed by atoms with Crippen molar-refractivity contribution in [1.82, 2.24) is 9.80 Å². The Morgan fingerprint density at radius 3 is 2.29 bits per heavy atom. The summed E-state index contributed by atoms with van der Waals surface area (Å²) in [4.78, 5) is 27.5. The fourth-order valence-corrected chi connectivity index (χ4v) is 2.84. The Labute approximate surface area is 151 Å². The quantitative estimate of drug-likeness (QED) is 0.764. The Kier molecular flexibility index (Phi) is 7.15. The fraction of sp³-hybridized carbons (Fsp3) is 0.500. The number of carbonyl (C=O) groups excluding carboxylic acids is 2. The molecule has 0 radical (unpaired) electrons. The zero-order valence-corrected chi connectivity index (χ0v) is 15.0. The van der Waals surface area contributed by atoms with E-state index in [0.717, 1.165) is 0 Å². The van der Waals surface area contributed by atoms with Gasteiger partial charge in [-0.15, -0.1) is 0 Å². The zero-order valence-electron chi connectivity index (χ0n) is 13.5. The zero-order chi connectivity index (χ0) is 17.5. The third-order valence-electron chi connectivity index (χ3n) is 3.75. The molecule has 1 aromatic carbocycles. The predicted octanol–water partition coefficient (Wildman–Crippen LogP) is 2.08. The lowest BCUT2D eigenvalue weighted by molar-refractivity contribution is -0.141. The van der Waals surface area contributed by atoms with Gasteiger partial charge in [0.15, 0.2) is 6.61 Å². The molecule has 0 aliphatic carbocycles. The number of benzene rings is 1. The largest absolute Gasteiger partial charge is 0.482 e. The SMILES string of the molecule is COCCC(=O)N1CCN(C(=O)COc2ccc(Cl)cc2Cl)CC1. The number of nitrogens with zero attached hydrogens (tertiary/aromatic N) is 2. The number of hydrogen-bond donors (Lipinski definition) is 0. The molecule has 0 aromatic heterocycles. The van der Waals surface area contributed by atoms with Gasteiger partial charge in [0.2, 0.25) is 5.91 Å². The Balaban J connectivity index is 1.77. The molecule has 0 atom stereocenters. The number of piperazine rings is 1. The minimum Gasteiger partial charge on any atom is -0.482 e. The van der Waals surface area contributed by atoms with Gasteiger partial charge < -0.3 is 19.3 Å². The van der Waals surface area contributed by atoms with Gasteiger partial charge in [-0.3, -0.25) is 9.59 Å². The van der Waals surface area contributed by atoms with Gasteiger partial charge in [-0.1, -0.05) is 23.2 Å². The molecule has 2 rings (SSSR count). The Hall–Kier alpha value is -1.50. The van der Waals surface area contributed by atoms with Crippen LogP contribution < -0.4 is 4.74 Å². The van der Waals surface area contributed by atoms with Crippen LogP contribution in [0.2, 0.25) is 10.0 Å². The van der Waals surface area contributed by atoms with E-state index < -0.39 is 0 Å². The van der Waals surface area contributed by atoms with Gasteiger partial charge in [-0.2, -0.15) is 0 Å². The summed E-state index contributed by atoms with van der Waals surface area (Å²) in [5, 5.41) is 0.872. The van der Waals surface area contributed by atoms with Crippen molar-refractivity contribution in [3.05, 3.63) is 28.2 Å². The van der Waals surface area contributed by atoms with Gasteiger partial charge in [0.1, 0.15) is 5.75 Å². The van der Waals surface area contributed by atoms with Crippen LogP contribution in [0.25, 0.3) is 0 Å². The van der Waals surface area contributed by atoms with Crippen molar-refractivity contribution in [3.63, 3.8) is 0 Å². The van der Waals surface area contributed by atoms with Crippen LogP contribution >= 0.6 is 23.2 Å². The highest BCUT2D eigenvalue weighted by Gasteiger charge is 2.24. The summed E-state index contributed by atoms with van der Waals surface area (Å²) >= 11 is 11.8. The molecule has 8 heteroatoms. The summed E-state index contributed by atoms with van der Waals surface area (Å²) in [6, 6.07) is 4.84. The second-order valence-electron chi connectivity index (χ2n) is 5.37. The van der Waals surface area contributed by atoms with Gasteiger partial charge >= 0.3 is 0 Å². The molecule has 0 bridgehead atoms. The lowest BCUT2D eigenvalue weighted by Crippen LogP contribution is -2.51. The monoisotopic (exact) mass is 374 g/mol. The third kappa shape index (κ3) is 5.26. The molecular weight excluding hydrogens is 355 g/mol. The van der Waals surface area contributed by atoms with Crippen molar-refractivity contribution in [2.24, 2.45) is 0 Å². The molecule has 6 nitrogen and oxygen atoms in total. The molecular formula is C16H20Cl2N2O4. The van der Waals surface area contributed by atoms with Gasteiger partial charge in [-0.05, 0) is 18.2 Å². The molecule has 1 saturated heterocycles. The molecule has 0 spiro atoms. The normalized spacial score (nSPS) is 14.6. The van der Waals surface area contributed by atoms with E-state index in [2.05, 4.69) is 0 Å². The summed E-state index contributed by atoms with van der Waals surface area (Å²) < 4.78 is 10.4. The Bertz CT molecular complexity index is 589. The smallest absolute Gasteiger partial charge is 0.260 e. The highest BCUT2D eigenvalue weighted by molar-refractivity contribution is 6.35. The first-order chi connectivity index (χ1) is 11.5. The van der Waals surface area contributed by atoms with E-state index in [1.807, 2.05) is 0 Å². The number of rotatable bonds is 6. The standard InChI is InChI=1S/C16H20Cl2N2O4/c1-23-9-4-15(21)19-5-7-20(8-6-19)16(22)11-24-14-3-2-12(17)10-13(14)18/h2-3,10H,4-9,11H2,1H3. The van der Waals surface area contributed by atoms with E-state index in [1.54, 1.807) is 35.1 Å². The topological polar surface area (TPSA) is 59.1 Å². The van der Waals surface area contributed by atoms with Gasteiger partial charge in [-0.25, -0.2) is 0 Å². The Morgan fingerprint density at radius 1 is 1.08 bits per heavy atom. The van der Waals surface area contributed by atoms with Gasteiger partial charge in [0.25, 0.3) is 5.91 Å². The number of ether oxygens (including phenoxy) is 2. The van der Waals surface area contributed by atoms with E-state index in [-0.39, 0.29) is 18.4 Å². The molecule has 1 heterocycles. The van der Waals surface area contributed by atoms with E-state index in [0.29, 0.717) is 55.0 Å². The highest BCUT2D eigenvalue weighted by Crippen LogP contribution is 2.27. The number of carbonyl (C=O) groups is 2. The van der Waals surface area contributed by atoms with E-state index in [1.165, 1.54) is 0 Å². The maximum Gasteiger partial charge on any atom is 0.260 e. The van der Waals surface area contributed by atoms with Gasteiger partial charge in [0.05, 0.1) is 18.1 Å². The van der Waals surface area contributed by atoms with E-state index >= 15 is 0 Å². The maximum atomic E-state index is 12.2. The molecule has 1 aliphatic rings. The maximum absolute atomic E-state index is 12.2. The third-order valence-corrected chi connectivity index (χ3v) is 4.28. The minimum atomic E-state index is -0.134. The van der Waals surface area contributed by atoms with Crippen LogP contribution in [0, 0.1) is 0 Å². The van der Waals surface area contributed by atoms with E-state index in [4.69, 9.17) is 32.7 Å². The minimum absolute atomic E-state index is 0.0492. The van der Waals surface area contributed by atoms with Gasteiger partial charge in [0, 0.05) is 38.3 Å². The molecule has 0 N–H and O–H groups in total. The number of methoxy groups -OCH3 is 1.